The number of benzene rings is 2. The molecule has 34 heavy (non-hydrogen) atoms. The van der Waals surface area contributed by atoms with E-state index in [2.05, 4.69) is 5.32 Å². The Bertz CT molecular complexity index is 1080. The summed E-state index contributed by atoms with van der Waals surface area (Å²) in [6, 6.07) is 12.2. The Balaban J connectivity index is 1.71. The number of nitrogens with zero attached hydrogens (tertiary/aromatic N) is 1. The summed E-state index contributed by atoms with van der Waals surface area (Å²) in [6.45, 7) is 3.70. The van der Waals surface area contributed by atoms with Crippen LogP contribution < -0.4 is 15.0 Å². The second-order valence-electron chi connectivity index (χ2n) is 8.86. The fourth-order valence-electron chi connectivity index (χ4n) is 4.92. The van der Waals surface area contributed by atoms with Gasteiger partial charge in [0.25, 0.3) is 0 Å². The van der Waals surface area contributed by atoms with Gasteiger partial charge in [0.1, 0.15) is 17.9 Å². The molecule has 2 aromatic rings. The molecule has 3 atom stereocenters. The smallest absolute Gasteiger partial charge is 0.407 e. The molecule has 1 aliphatic carbocycles. The molecular formula is C26H30N2O6. The average molecular weight is 467 g/mol. The first kappa shape index (κ1) is 23.6. The largest absolute Gasteiger partial charge is 0.496 e. The first-order valence-electron chi connectivity index (χ1n) is 11.4. The molecule has 8 nitrogen and oxygen atoms in total. The van der Waals surface area contributed by atoms with Gasteiger partial charge in [-0.2, -0.15) is 0 Å². The minimum Gasteiger partial charge on any atom is -0.496 e. The molecule has 0 radical (unpaired) electrons. The summed E-state index contributed by atoms with van der Waals surface area (Å²) < 4.78 is 15.9. The van der Waals surface area contributed by atoms with E-state index in [9.17, 15) is 14.4 Å². The van der Waals surface area contributed by atoms with Gasteiger partial charge in [-0.25, -0.2) is 9.59 Å². The molecule has 1 saturated carbocycles. The number of hydrogen-bond acceptors (Lipinski definition) is 6. The van der Waals surface area contributed by atoms with Gasteiger partial charge in [-0.15, -0.1) is 0 Å². The van der Waals surface area contributed by atoms with Gasteiger partial charge < -0.3 is 24.4 Å². The van der Waals surface area contributed by atoms with E-state index in [1.54, 1.807) is 17.0 Å². The average Bonchev–Trinajstić information content (AvgIpc) is 3.68. The summed E-state index contributed by atoms with van der Waals surface area (Å²) in [5.41, 5.74) is 2.39. The van der Waals surface area contributed by atoms with Crippen molar-refractivity contribution in [3.8, 4) is 5.75 Å². The predicted molar refractivity (Wildman–Crippen MR) is 126 cm³/mol. The summed E-state index contributed by atoms with van der Waals surface area (Å²) in [4.78, 5) is 39.8. The third-order valence-corrected chi connectivity index (χ3v) is 6.64. The highest BCUT2D eigenvalue weighted by Crippen LogP contribution is 2.50. The van der Waals surface area contributed by atoms with Crippen LogP contribution in [0, 0.1) is 11.8 Å². The number of rotatable bonds is 6. The van der Waals surface area contributed by atoms with Crippen LogP contribution in [0.1, 0.15) is 54.2 Å². The molecule has 0 unspecified atom stereocenters. The van der Waals surface area contributed by atoms with Gasteiger partial charge in [0.15, 0.2) is 0 Å². The Morgan fingerprint density at radius 3 is 2.38 bits per heavy atom. The zero-order valence-electron chi connectivity index (χ0n) is 19.9. The van der Waals surface area contributed by atoms with Crippen molar-refractivity contribution in [2.45, 2.75) is 45.4 Å². The minimum absolute atomic E-state index is 0.0851. The van der Waals surface area contributed by atoms with E-state index in [0.29, 0.717) is 22.9 Å². The van der Waals surface area contributed by atoms with Crippen LogP contribution in [0.15, 0.2) is 42.5 Å². The summed E-state index contributed by atoms with van der Waals surface area (Å²) >= 11 is 0. The van der Waals surface area contributed by atoms with Gasteiger partial charge in [0, 0.05) is 24.9 Å². The zero-order valence-corrected chi connectivity index (χ0v) is 19.9. The van der Waals surface area contributed by atoms with E-state index in [1.165, 1.54) is 21.1 Å². The number of carbonyl (C=O) groups is 3. The Hall–Kier alpha value is -3.55. The quantitative estimate of drug-likeness (QED) is 0.641. The third-order valence-electron chi connectivity index (χ3n) is 6.64. The minimum atomic E-state index is -0.562. The standard InChI is InChI=1S/C26H30N2O6/c1-15-23(27-26(31)34-14-17-8-6-5-7-9-17)19-12-20(25(30)33-4)22(32-3)13-21(19)28(16(2)29)24(15)18-10-11-18/h5-9,12-13,15,18,23-24H,10-11,14H2,1-4H3,(H,27,31)/t15-,23-,24-/m1/s1. The topological polar surface area (TPSA) is 94.2 Å². The molecule has 8 heteroatoms. The van der Waals surface area contributed by atoms with Gasteiger partial charge in [0.2, 0.25) is 5.91 Å². The van der Waals surface area contributed by atoms with Crippen molar-refractivity contribution in [2.75, 3.05) is 19.1 Å². The van der Waals surface area contributed by atoms with Crippen molar-refractivity contribution in [3.05, 3.63) is 59.2 Å². The highest BCUT2D eigenvalue weighted by molar-refractivity contribution is 5.98. The molecule has 180 valence electrons. The monoisotopic (exact) mass is 466 g/mol. The maximum Gasteiger partial charge on any atom is 0.407 e. The number of ether oxygens (including phenoxy) is 3. The Morgan fingerprint density at radius 2 is 1.79 bits per heavy atom. The summed E-state index contributed by atoms with van der Waals surface area (Å²) in [5.74, 6) is -0.0965. The number of alkyl carbamates (subject to hydrolysis) is 1. The van der Waals surface area contributed by atoms with E-state index >= 15 is 0 Å². The lowest BCUT2D eigenvalue weighted by Gasteiger charge is -2.45. The van der Waals surface area contributed by atoms with Gasteiger partial charge >= 0.3 is 12.1 Å². The SMILES string of the molecule is COC(=O)c1cc2c(cc1OC)N(C(C)=O)[C@@H](C1CC1)[C@H](C)[C@H]2NC(=O)OCc1ccccc1. The van der Waals surface area contributed by atoms with Gasteiger partial charge in [-0.1, -0.05) is 37.3 Å². The number of esters is 1. The molecule has 0 aromatic heterocycles. The van der Waals surface area contributed by atoms with Crippen LogP contribution in [0.5, 0.6) is 5.75 Å². The Labute approximate surface area is 199 Å². The van der Waals surface area contributed by atoms with Crippen LogP contribution >= 0.6 is 0 Å². The predicted octanol–water partition coefficient (Wildman–Crippen LogP) is 4.23. The zero-order chi connectivity index (χ0) is 24.4. The number of carbonyl (C=O) groups excluding carboxylic acids is 3. The molecule has 2 aromatic carbocycles. The molecule has 2 aliphatic rings. The second-order valence-corrected chi connectivity index (χ2v) is 8.86. The fraction of sp³-hybridized carbons (Fsp3) is 0.423. The van der Waals surface area contributed by atoms with E-state index in [-0.39, 0.29) is 30.0 Å². The first-order chi connectivity index (χ1) is 16.3. The maximum absolute atomic E-state index is 12.8. The number of methoxy groups -OCH3 is 2. The van der Waals surface area contributed by atoms with Crippen molar-refractivity contribution in [1.29, 1.82) is 0 Å². The lowest BCUT2D eigenvalue weighted by atomic mass is 9.79. The molecule has 1 aliphatic heterocycles. The molecule has 0 bridgehead atoms. The van der Waals surface area contributed by atoms with E-state index in [0.717, 1.165) is 18.4 Å². The number of amides is 2. The van der Waals surface area contributed by atoms with Crippen LogP contribution in [0.4, 0.5) is 10.5 Å². The number of fused-ring (bicyclic) bond motifs is 1. The lowest BCUT2D eigenvalue weighted by molar-refractivity contribution is -0.117. The maximum atomic E-state index is 12.8. The van der Waals surface area contributed by atoms with Crippen LogP contribution in [0.3, 0.4) is 0 Å². The molecule has 4 rings (SSSR count). The van der Waals surface area contributed by atoms with Crippen molar-refractivity contribution >= 4 is 23.7 Å². The van der Waals surface area contributed by atoms with Gasteiger partial charge in [0.05, 0.1) is 25.9 Å². The molecule has 1 N–H and O–H groups in total. The van der Waals surface area contributed by atoms with Gasteiger partial charge in [-0.05, 0) is 36.0 Å². The van der Waals surface area contributed by atoms with Crippen molar-refractivity contribution in [2.24, 2.45) is 11.8 Å². The number of anilines is 1. The normalized spacial score (nSPS) is 21.3. The van der Waals surface area contributed by atoms with Crippen molar-refractivity contribution < 1.29 is 28.6 Å². The fourth-order valence-corrected chi connectivity index (χ4v) is 4.92. The van der Waals surface area contributed by atoms with Crippen LogP contribution in [-0.4, -0.2) is 38.2 Å². The van der Waals surface area contributed by atoms with Gasteiger partial charge in [-0.3, -0.25) is 4.79 Å². The third kappa shape index (κ3) is 4.58. The highest BCUT2D eigenvalue weighted by atomic mass is 16.5. The summed E-state index contributed by atoms with van der Waals surface area (Å²) in [6.07, 6.45) is 1.49. The molecular weight excluding hydrogens is 436 g/mol. The van der Waals surface area contributed by atoms with Crippen LogP contribution in [0.25, 0.3) is 0 Å². The second kappa shape index (κ2) is 9.75. The Morgan fingerprint density at radius 1 is 1.09 bits per heavy atom. The first-order valence-corrected chi connectivity index (χ1v) is 11.4. The molecule has 1 heterocycles. The van der Waals surface area contributed by atoms with Crippen molar-refractivity contribution in [1.82, 2.24) is 5.32 Å². The summed E-state index contributed by atoms with van der Waals surface area (Å²) in [5, 5.41) is 3.00. The van der Waals surface area contributed by atoms with Crippen LogP contribution in [0.2, 0.25) is 0 Å². The highest BCUT2D eigenvalue weighted by Gasteiger charge is 2.48. The molecule has 0 saturated heterocycles. The summed E-state index contributed by atoms with van der Waals surface area (Å²) in [7, 11) is 2.76. The number of hydrogen-bond donors (Lipinski definition) is 1. The Kier molecular flexibility index (Phi) is 6.77. The lowest BCUT2D eigenvalue weighted by Crippen LogP contribution is -2.53. The van der Waals surface area contributed by atoms with E-state index < -0.39 is 18.1 Å². The molecule has 2 amide bonds. The van der Waals surface area contributed by atoms with Crippen molar-refractivity contribution in [3.63, 3.8) is 0 Å². The van der Waals surface area contributed by atoms with Crippen LogP contribution in [-0.2, 0) is 20.9 Å². The van der Waals surface area contributed by atoms with E-state index in [1.807, 2.05) is 37.3 Å². The molecule has 1 fully saturated rings. The number of nitrogens with one attached hydrogen (secondary N) is 1. The molecule has 0 spiro atoms. The van der Waals surface area contributed by atoms with E-state index in [4.69, 9.17) is 14.2 Å².